The Hall–Kier alpha value is -2.69. The number of anilines is 2. The molecule has 5 nitrogen and oxygen atoms in total. The van der Waals surface area contributed by atoms with Crippen molar-refractivity contribution in [1.82, 2.24) is 9.97 Å². The molecule has 0 atom stereocenters. The summed E-state index contributed by atoms with van der Waals surface area (Å²) in [4.78, 5) is 20.5. The van der Waals surface area contributed by atoms with Crippen LogP contribution in [0.1, 0.15) is 16.2 Å². The summed E-state index contributed by atoms with van der Waals surface area (Å²) in [5, 5.41) is 5.77. The van der Waals surface area contributed by atoms with Crippen LogP contribution < -0.4 is 10.6 Å². The van der Waals surface area contributed by atoms with Gasteiger partial charge in [-0.1, -0.05) is 24.3 Å². The van der Waals surface area contributed by atoms with E-state index in [4.69, 9.17) is 0 Å². The second kappa shape index (κ2) is 6.47. The third kappa shape index (κ3) is 3.65. The number of carbonyl (C=O) groups excluding carboxylic acids is 1. The molecule has 0 saturated carbocycles. The fourth-order valence-corrected chi connectivity index (χ4v) is 1.64. The van der Waals surface area contributed by atoms with Gasteiger partial charge in [-0.15, -0.1) is 6.58 Å². The van der Waals surface area contributed by atoms with Crippen molar-refractivity contribution in [3.63, 3.8) is 0 Å². The summed E-state index contributed by atoms with van der Waals surface area (Å²) in [6, 6.07) is 10.9. The molecule has 2 rings (SSSR count). The van der Waals surface area contributed by atoms with Crippen LogP contribution in [0.2, 0.25) is 0 Å². The molecule has 0 spiro atoms. The minimum atomic E-state index is -0.261. The Bertz CT molecular complexity index is 611. The number of benzene rings is 1. The third-order valence-corrected chi connectivity index (χ3v) is 2.52. The molecule has 0 unspecified atom stereocenters. The van der Waals surface area contributed by atoms with Crippen LogP contribution in [-0.4, -0.2) is 22.4 Å². The standard InChI is InChI=1S/C15H16N4O/c1-3-9-16-15-17-11(2)10-13(19-15)14(20)18-12-7-5-4-6-8-12/h3-8,10H,1,9H2,2H3,(H,18,20)(H,16,17,19). The van der Waals surface area contributed by atoms with Gasteiger partial charge < -0.3 is 10.6 Å². The van der Waals surface area contributed by atoms with E-state index in [2.05, 4.69) is 27.2 Å². The molecule has 0 bridgehead atoms. The van der Waals surface area contributed by atoms with E-state index < -0.39 is 0 Å². The van der Waals surface area contributed by atoms with Crippen LogP contribution in [-0.2, 0) is 0 Å². The largest absolute Gasteiger partial charge is 0.351 e. The van der Waals surface area contributed by atoms with Crippen molar-refractivity contribution in [1.29, 1.82) is 0 Å². The number of aromatic nitrogens is 2. The van der Waals surface area contributed by atoms with Gasteiger partial charge in [0.05, 0.1) is 0 Å². The zero-order valence-electron chi connectivity index (χ0n) is 11.3. The monoisotopic (exact) mass is 268 g/mol. The van der Waals surface area contributed by atoms with Gasteiger partial charge >= 0.3 is 0 Å². The first kappa shape index (κ1) is 13.7. The predicted molar refractivity (Wildman–Crippen MR) is 79.9 cm³/mol. The van der Waals surface area contributed by atoms with E-state index in [0.29, 0.717) is 18.2 Å². The molecule has 1 aromatic carbocycles. The molecule has 102 valence electrons. The number of para-hydroxylation sites is 1. The predicted octanol–water partition coefficient (Wildman–Crippen LogP) is 2.64. The minimum Gasteiger partial charge on any atom is -0.351 e. The SMILES string of the molecule is C=CCNc1nc(C)cc(C(=O)Nc2ccccc2)n1. The maximum Gasteiger partial charge on any atom is 0.274 e. The van der Waals surface area contributed by atoms with Crippen LogP contribution in [0.25, 0.3) is 0 Å². The zero-order valence-corrected chi connectivity index (χ0v) is 11.3. The number of hydrogen-bond donors (Lipinski definition) is 2. The molecule has 2 N–H and O–H groups in total. The van der Waals surface area contributed by atoms with Gasteiger partial charge in [-0.25, -0.2) is 9.97 Å². The quantitative estimate of drug-likeness (QED) is 0.818. The highest BCUT2D eigenvalue weighted by Crippen LogP contribution is 2.10. The van der Waals surface area contributed by atoms with Crippen molar-refractivity contribution in [3.05, 3.63) is 60.4 Å². The highest BCUT2D eigenvalue weighted by molar-refractivity contribution is 6.03. The maximum atomic E-state index is 12.1. The molecule has 5 heteroatoms. The summed E-state index contributed by atoms with van der Waals surface area (Å²) >= 11 is 0. The second-order valence-electron chi connectivity index (χ2n) is 4.21. The van der Waals surface area contributed by atoms with Crippen molar-refractivity contribution in [2.75, 3.05) is 17.2 Å². The highest BCUT2D eigenvalue weighted by Gasteiger charge is 2.10. The van der Waals surface area contributed by atoms with Gasteiger partial charge in [0.1, 0.15) is 5.69 Å². The fraction of sp³-hybridized carbons (Fsp3) is 0.133. The molecule has 1 aromatic heterocycles. The van der Waals surface area contributed by atoms with Crippen molar-refractivity contribution >= 4 is 17.5 Å². The van der Waals surface area contributed by atoms with Crippen molar-refractivity contribution in [3.8, 4) is 0 Å². The molecule has 0 aliphatic carbocycles. The summed E-state index contributed by atoms with van der Waals surface area (Å²) in [6.07, 6.45) is 1.70. The van der Waals surface area contributed by atoms with Crippen molar-refractivity contribution < 1.29 is 4.79 Å². The molecule has 0 fully saturated rings. The van der Waals surface area contributed by atoms with Crippen LogP contribution in [0.15, 0.2) is 49.1 Å². The number of rotatable bonds is 5. The second-order valence-corrected chi connectivity index (χ2v) is 4.21. The summed E-state index contributed by atoms with van der Waals surface area (Å²) < 4.78 is 0. The molecule has 1 amide bonds. The normalized spacial score (nSPS) is 9.85. The van der Waals surface area contributed by atoms with Gasteiger partial charge in [-0.2, -0.15) is 0 Å². The number of nitrogens with zero attached hydrogens (tertiary/aromatic N) is 2. The Morgan fingerprint density at radius 1 is 1.30 bits per heavy atom. The highest BCUT2D eigenvalue weighted by atomic mass is 16.1. The smallest absolute Gasteiger partial charge is 0.274 e. The topological polar surface area (TPSA) is 66.9 Å². The van der Waals surface area contributed by atoms with Gasteiger partial charge in [-0.3, -0.25) is 4.79 Å². The molecule has 0 aliphatic heterocycles. The van der Waals surface area contributed by atoms with Gasteiger partial charge in [0, 0.05) is 17.9 Å². The maximum absolute atomic E-state index is 12.1. The summed E-state index contributed by atoms with van der Waals surface area (Å²) in [7, 11) is 0. The van der Waals surface area contributed by atoms with E-state index in [1.807, 2.05) is 37.3 Å². The van der Waals surface area contributed by atoms with Gasteiger partial charge in [0.2, 0.25) is 5.95 Å². The van der Waals surface area contributed by atoms with Crippen LogP contribution in [0.5, 0.6) is 0 Å². The first-order valence-electron chi connectivity index (χ1n) is 6.26. The Balaban J connectivity index is 2.16. The van der Waals surface area contributed by atoms with E-state index >= 15 is 0 Å². The number of hydrogen-bond acceptors (Lipinski definition) is 4. The lowest BCUT2D eigenvalue weighted by molar-refractivity contribution is 0.102. The number of nitrogens with one attached hydrogen (secondary N) is 2. The summed E-state index contributed by atoms with van der Waals surface area (Å²) in [5.74, 6) is 0.159. The van der Waals surface area contributed by atoms with Crippen LogP contribution in [0, 0.1) is 6.92 Å². The molecule has 20 heavy (non-hydrogen) atoms. The molecule has 0 aliphatic rings. The number of amides is 1. The molecule has 0 saturated heterocycles. The molecular weight excluding hydrogens is 252 g/mol. The molecular formula is C15H16N4O. The lowest BCUT2D eigenvalue weighted by atomic mass is 10.3. The lowest BCUT2D eigenvalue weighted by Gasteiger charge is -2.07. The van der Waals surface area contributed by atoms with E-state index in [9.17, 15) is 4.79 Å². The molecule has 0 radical (unpaired) electrons. The Morgan fingerprint density at radius 3 is 2.75 bits per heavy atom. The van der Waals surface area contributed by atoms with Crippen LogP contribution in [0.3, 0.4) is 0 Å². The van der Waals surface area contributed by atoms with E-state index in [1.165, 1.54) is 0 Å². The van der Waals surface area contributed by atoms with Crippen molar-refractivity contribution in [2.45, 2.75) is 6.92 Å². The zero-order chi connectivity index (χ0) is 14.4. The summed E-state index contributed by atoms with van der Waals surface area (Å²) in [6.45, 7) is 5.98. The fourth-order valence-electron chi connectivity index (χ4n) is 1.64. The van der Waals surface area contributed by atoms with E-state index in [-0.39, 0.29) is 5.91 Å². The first-order valence-corrected chi connectivity index (χ1v) is 6.26. The Labute approximate surface area is 117 Å². The van der Waals surface area contributed by atoms with Gasteiger partial charge in [0.15, 0.2) is 0 Å². The Kier molecular flexibility index (Phi) is 4.44. The molecule has 1 heterocycles. The van der Waals surface area contributed by atoms with Crippen LogP contribution >= 0.6 is 0 Å². The minimum absolute atomic E-state index is 0.261. The third-order valence-electron chi connectivity index (χ3n) is 2.52. The Morgan fingerprint density at radius 2 is 2.05 bits per heavy atom. The average molecular weight is 268 g/mol. The number of carbonyl (C=O) groups is 1. The van der Waals surface area contributed by atoms with E-state index in [0.717, 1.165) is 11.4 Å². The average Bonchev–Trinajstić information content (AvgIpc) is 2.45. The lowest BCUT2D eigenvalue weighted by Crippen LogP contribution is -2.16. The summed E-state index contributed by atoms with van der Waals surface area (Å²) in [5.41, 5.74) is 1.78. The van der Waals surface area contributed by atoms with Gasteiger partial charge in [-0.05, 0) is 25.1 Å². The molecule has 2 aromatic rings. The van der Waals surface area contributed by atoms with Gasteiger partial charge in [0.25, 0.3) is 5.91 Å². The first-order chi connectivity index (χ1) is 9.69. The van der Waals surface area contributed by atoms with Crippen LogP contribution in [0.4, 0.5) is 11.6 Å². The van der Waals surface area contributed by atoms with Crippen molar-refractivity contribution in [2.24, 2.45) is 0 Å². The number of aryl methyl sites for hydroxylation is 1. The van der Waals surface area contributed by atoms with E-state index in [1.54, 1.807) is 12.1 Å².